The largest absolute Gasteiger partial charge is 0.507 e. The Labute approximate surface area is 131 Å². The fourth-order valence-electron chi connectivity index (χ4n) is 1.80. The number of para-hydroxylation sites is 1. The highest BCUT2D eigenvalue weighted by Gasteiger charge is 2.19. The monoisotopic (exact) mass is 315 g/mol. The van der Waals surface area contributed by atoms with Crippen molar-refractivity contribution in [2.24, 2.45) is 0 Å². The quantitative estimate of drug-likeness (QED) is 0.885. The smallest absolute Gasteiger partial charge is 0.243 e. The molecular formula is C17H17NO3S. The van der Waals surface area contributed by atoms with Crippen molar-refractivity contribution in [2.45, 2.75) is 11.8 Å². The van der Waals surface area contributed by atoms with E-state index < -0.39 is 10.0 Å². The van der Waals surface area contributed by atoms with Crippen molar-refractivity contribution < 1.29 is 13.5 Å². The molecule has 2 rings (SSSR count). The average molecular weight is 315 g/mol. The summed E-state index contributed by atoms with van der Waals surface area (Å²) >= 11 is 0. The zero-order valence-corrected chi connectivity index (χ0v) is 13.3. The molecule has 0 aliphatic heterocycles. The first-order chi connectivity index (χ1) is 10.4. The van der Waals surface area contributed by atoms with Crippen LogP contribution >= 0.6 is 0 Å². The second kappa shape index (κ2) is 6.65. The van der Waals surface area contributed by atoms with Gasteiger partial charge >= 0.3 is 0 Å². The predicted octanol–water partition coefficient (Wildman–Crippen LogP) is 2.37. The number of nitrogens with zero attached hydrogens (tertiary/aromatic N) is 1. The third kappa shape index (κ3) is 3.67. The Balaban J connectivity index is 2.14. The highest BCUT2D eigenvalue weighted by molar-refractivity contribution is 7.89. The first-order valence-corrected chi connectivity index (χ1v) is 8.15. The summed E-state index contributed by atoms with van der Waals surface area (Å²) in [6.07, 6.45) is 0. The number of phenols is 1. The summed E-state index contributed by atoms with van der Waals surface area (Å²) in [7, 11) is -2.07. The minimum atomic E-state index is -3.55. The number of rotatable bonds is 3. The molecule has 0 heterocycles. The Morgan fingerprint density at radius 2 is 1.73 bits per heavy atom. The van der Waals surface area contributed by atoms with E-state index >= 15 is 0 Å². The molecule has 4 nitrogen and oxygen atoms in total. The topological polar surface area (TPSA) is 57.6 Å². The van der Waals surface area contributed by atoms with E-state index in [1.54, 1.807) is 42.5 Å². The van der Waals surface area contributed by atoms with E-state index in [2.05, 4.69) is 11.8 Å². The molecule has 0 aromatic heterocycles. The summed E-state index contributed by atoms with van der Waals surface area (Å²) in [5, 5.41) is 9.61. The van der Waals surface area contributed by atoms with Crippen LogP contribution in [0.3, 0.4) is 0 Å². The maximum absolute atomic E-state index is 12.4. The number of hydrogen-bond donors (Lipinski definition) is 1. The van der Waals surface area contributed by atoms with E-state index in [0.717, 1.165) is 5.56 Å². The lowest BCUT2D eigenvalue weighted by Crippen LogP contribution is -2.27. The Kier molecular flexibility index (Phi) is 4.86. The minimum absolute atomic E-state index is 0.0462. The minimum Gasteiger partial charge on any atom is -0.507 e. The Morgan fingerprint density at radius 3 is 2.36 bits per heavy atom. The van der Waals surface area contributed by atoms with Gasteiger partial charge in [0.1, 0.15) is 5.75 Å². The molecule has 0 atom stereocenters. The van der Waals surface area contributed by atoms with Crippen LogP contribution in [0.25, 0.3) is 0 Å². The van der Waals surface area contributed by atoms with Gasteiger partial charge in [-0.2, -0.15) is 4.31 Å². The van der Waals surface area contributed by atoms with E-state index in [1.807, 2.05) is 6.92 Å². The molecule has 0 unspecified atom stereocenters. The zero-order valence-electron chi connectivity index (χ0n) is 12.4. The highest BCUT2D eigenvalue weighted by atomic mass is 32.2. The lowest BCUT2D eigenvalue weighted by Gasteiger charge is -2.14. The predicted molar refractivity (Wildman–Crippen MR) is 86.0 cm³/mol. The molecule has 2 aromatic rings. The summed E-state index contributed by atoms with van der Waals surface area (Å²) in [6, 6.07) is 13.4. The van der Waals surface area contributed by atoms with Gasteiger partial charge in [-0.25, -0.2) is 8.42 Å². The standard InChI is InChI=1S/C17H17NO3S/c1-14-9-11-16(12-10-14)22(20,21)18(2)13-5-7-15-6-3-4-8-17(15)19/h3-4,6,8-12,19H,13H2,1-2H3. The molecule has 0 saturated heterocycles. The van der Waals surface area contributed by atoms with Crippen molar-refractivity contribution >= 4 is 10.0 Å². The third-order valence-electron chi connectivity index (χ3n) is 3.16. The first kappa shape index (κ1) is 16.1. The molecule has 0 spiro atoms. The number of benzene rings is 2. The van der Waals surface area contributed by atoms with Crippen LogP contribution < -0.4 is 0 Å². The fraction of sp³-hybridized carbons (Fsp3) is 0.176. The number of aryl methyl sites for hydroxylation is 1. The van der Waals surface area contributed by atoms with E-state index in [1.165, 1.54) is 17.4 Å². The maximum atomic E-state index is 12.4. The second-order valence-electron chi connectivity index (χ2n) is 4.89. The van der Waals surface area contributed by atoms with Gasteiger partial charge in [0.05, 0.1) is 17.0 Å². The molecular weight excluding hydrogens is 298 g/mol. The third-order valence-corrected chi connectivity index (χ3v) is 4.98. The maximum Gasteiger partial charge on any atom is 0.243 e. The summed E-state index contributed by atoms with van der Waals surface area (Å²) in [4.78, 5) is 0.241. The van der Waals surface area contributed by atoms with Gasteiger partial charge in [0.2, 0.25) is 10.0 Å². The van der Waals surface area contributed by atoms with Crippen LogP contribution in [0.4, 0.5) is 0 Å². The summed E-state index contributed by atoms with van der Waals surface area (Å²) in [6.45, 7) is 1.95. The normalized spacial score (nSPS) is 11.0. The molecule has 0 saturated carbocycles. The molecule has 2 aromatic carbocycles. The molecule has 0 aliphatic rings. The summed E-state index contributed by atoms with van der Waals surface area (Å²) in [5.74, 6) is 5.62. The van der Waals surface area contributed by atoms with Gasteiger partial charge in [0, 0.05) is 7.05 Å². The van der Waals surface area contributed by atoms with Gasteiger partial charge in [0.15, 0.2) is 0 Å². The van der Waals surface area contributed by atoms with Crippen molar-refractivity contribution in [3.8, 4) is 17.6 Å². The van der Waals surface area contributed by atoms with Crippen molar-refractivity contribution in [3.63, 3.8) is 0 Å². The van der Waals surface area contributed by atoms with Crippen molar-refractivity contribution in [1.82, 2.24) is 4.31 Å². The molecule has 0 aliphatic carbocycles. The average Bonchev–Trinajstić information content (AvgIpc) is 2.49. The van der Waals surface area contributed by atoms with Crippen LogP contribution in [-0.4, -0.2) is 31.4 Å². The Hall–Kier alpha value is -2.29. The van der Waals surface area contributed by atoms with E-state index in [0.29, 0.717) is 5.56 Å². The van der Waals surface area contributed by atoms with Crippen molar-refractivity contribution in [1.29, 1.82) is 0 Å². The van der Waals surface area contributed by atoms with E-state index in [-0.39, 0.29) is 17.2 Å². The van der Waals surface area contributed by atoms with Gasteiger partial charge in [-0.15, -0.1) is 0 Å². The summed E-state index contributed by atoms with van der Waals surface area (Å²) < 4.78 is 25.9. The molecule has 114 valence electrons. The second-order valence-corrected chi connectivity index (χ2v) is 6.94. The number of sulfonamides is 1. The fourth-order valence-corrected chi connectivity index (χ4v) is 2.88. The summed E-state index contributed by atoms with van der Waals surface area (Å²) in [5.41, 5.74) is 1.48. The van der Waals surface area contributed by atoms with Crippen LogP contribution in [0.2, 0.25) is 0 Å². The van der Waals surface area contributed by atoms with Crippen molar-refractivity contribution in [2.75, 3.05) is 13.6 Å². The van der Waals surface area contributed by atoms with Gasteiger partial charge in [0.25, 0.3) is 0 Å². The zero-order chi connectivity index (χ0) is 16.2. The van der Waals surface area contributed by atoms with Crippen LogP contribution in [0, 0.1) is 18.8 Å². The van der Waals surface area contributed by atoms with E-state index in [4.69, 9.17) is 0 Å². The van der Waals surface area contributed by atoms with Gasteiger partial charge in [-0.3, -0.25) is 0 Å². The van der Waals surface area contributed by atoms with Crippen LogP contribution in [0.15, 0.2) is 53.4 Å². The van der Waals surface area contributed by atoms with Crippen LogP contribution in [0.5, 0.6) is 5.75 Å². The molecule has 0 amide bonds. The number of aromatic hydroxyl groups is 1. The van der Waals surface area contributed by atoms with Gasteiger partial charge in [-0.1, -0.05) is 41.7 Å². The van der Waals surface area contributed by atoms with Crippen LogP contribution in [-0.2, 0) is 10.0 Å². The number of hydrogen-bond acceptors (Lipinski definition) is 3. The molecule has 1 N–H and O–H groups in total. The molecule has 0 bridgehead atoms. The van der Waals surface area contributed by atoms with Crippen LogP contribution in [0.1, 0.15) is 11.1 Å². The molecule has 22 heavy (non-hydrogen) atoms. The lowest BCUT2D eigenvalue weighted by atomic mass is 10.2. The van der Waals surface area contributed by atoms with Crippen molar-refractivity contribution in [3.05, 3.63) is 59.7 Å². The molecule has 0 radical (unpaired) electrons. The molecule has 0 fully saturated rings. The van der Waals surface area contributed by atoms with E-state index in [9.17, 15) is 13.5 Å². The SMILES string of the molecule is Cc1ccc(S(=O)(=O)N(C)CC#Cc2ccccc2O)cc1. The lowest BCUT2D eigenvalue weighted by molar-refractivity contribution is 0.473. The number of phenolic OH excluding ortho intramolecular Hbond substituents is 1. The van der Waals surface area contributed by atoms with Gasteiger partial charge in [-0.05, 0) is 31.2 Å². The molecule has 5 heteroatoms. The highest BCUT2D eigenvalue weighted by Crippen LogP contribution is 2.15. The first-order valence-electron chi connectivity index (χ1n) is 6.71. The van der Waals surface area contributed by atoms with Gasteiger partial charge < -0.3 is 5.11 Å². The Morgan fingerprint density at radius 1 is 1.09 bits per heavy atom. The Bertz CT molecular complexity index is 815.